The van der Waals surface area contributed by atoms with Gasteiger partial charge in [-0.3, -0.25) is 0 Å². The number of benzene rings is 1. The maximum Gasteiger partial charge on any atom is 0.319 e. The van der Waals surface area contributed by atoms with Crippen LogP contribution in [-0.2, 0) is 0 Å². The lowest BCUT2D eigenvalue weighted by molar-refractivity contribution is 0.242. The van der Waals surface area contributed by atoms with Crippen LogP contribution in [0.1, 0.15) is 31.4 Å². The van der Waals surface area contributed by atoms with E-state index >= 15 is 0 Å². The van der Waals surface area contributed by atoms with Crippen LogP contribution >= 0.6 is 15.9 Å². The third kappa shape index (κ3) is 4.98. The summed E-state index contributed by atoms with van der Waals surface area (Å²) in [5, 5.41) is 24.6. The first-order valence-corrected chi connectivity index (χ1v) is 9.47. The van der Waals surface area contributed by atoms with E-state index in [1.54, 1.807) is 0 Å². The predicted octanol–water partition coefficient (Wildman–Crippen LogP) is 3.22. The van der Waals surface area contributed by atoms with Crippen molar-refractivity contribution in [3.05, 3.63) is 40.4 Å². The molecule has 1 aliphatic rings. The van der Waals surface area contributed by atoms with Crippen molar-refractivity contribution in [1.82, 2.24) is 10.5 Å². The molecule has 150 valence electrons. The molecule has 0 spiro atoms. The van der Waals surface area contributed by atoms with Crippen LogP contribution < -0.4 is 21.7 Å². The van der Waals surface area contributed by atoms with Gasteiger partial charge in [-0.05, 0) is 59.8 Å². The van der Waals surface area contributed by atoms with Gasteiger partial charge < -0.3 is 31.4 Å². The summed E-state index contributed by atoms with van der Waals surface area (Å²) in [6, 6.07) is 3.97. The van der Waals surface area contributed by atoms with Crippen LogP contribution in [0.3, 0.4) is 0 Å². The number of rotatable bonds is 4. The van der Waals surface area contributed by atoms with Gasteiger partial charge in [-0.1, -0.05) is 10.3 Å². The first-order valence-electron chi connectivity index (χ1n) is 8.68. The van der Waals surface area contributed by atoms with E-state index in [-0.39, 0.29) is 33.8 Å². The van der Waals surface area contributed by atoms with Gasteiger partial charge in [0.1, 0.15) is 17.8 Å². The highest BCUT2D eigenvalue weighted by Crippen LogP contribution is 2.22. The zero-order valence-electron chi connectivity index (χ0n) is 14.8. The van der Waals surface area contributed by atoms with Gasteiger partial charge in [0, 0.05) is 17.8 Å². The number of hydrogen-bond acceptors (Lipinski definition) is 6. The number of carbonyl (C=O) groups is 1. The second-order valence-corrected chi connectivity index (χ2v) is 7.34. The van der Waals surface area contributed by atoms with Crippen molar-refractivity contribution in [3.8, 4) is 0 Å². The maximum atomic E-state index is 13.4. The molecule has 1 heterocycles. The largest absolute Gasteiger partial charge is 0.409 e. The summed E-state index contributed by atoms with van der Waals surface area (Å²) in [5.74, 6) is -0.511. The Hall–Kier alpha value is -2.66. The number of oxime groups is 1. The van der Waals surface area contributed by atoms with E-state index < -0.39 is 11.8 Å². The standard InChI is InChI=1S/C17H20BrFN6O3/c18-12-7-11(5-6-13(12)19)21-16(24-27)15-14(8-28-25-15)23-17(26)22-10-3-1-9(20)2-4-10/h5-10,27H,1-4,20H2,(H,21,24)(H2,22,23,26). The lowest BCUT2D eigenvalue weighted by atomic mass is 9.92. The van der Waals surface area contributed by atoms with E-state index in [2.05, 4.69) is 42.2 Å². The number of nitrogens with zero attached hydrogens (tertiary/aromatic N) is 2. The van der Waals surface area contributed by atoms with E-state index in [4.69, 9.17) is 10.3 Å². The molecule has 0 bridgehead atoms. The van der Waals surface area contributed by atoms with Gasteiger partial charge in [-0.2, -0.15) is 0 Å². The molecule has 9 nitrogen and oxygen atoms in total. The second kappa shape index (κ2) is 9.02. The lowest BCUT2D eigenvalue weighted by Crippen LogP contribution is -2.42. The van der Waals surface area contributed by atoms with Gasteiger partial charge in [0.2, 0.25) is 5.84 Å². The topological polar surface area (TPSA) is 138 Å². The number of carbonyl (C=O) groups excluding carboxylic acids is 1. The highest BCUT2D eigenvalue weighted by atomic mass is 79.9. The fourth-order valence-corrected chi connectivity index (χ4v) is 3.32. The molecular weight excluding hydrogens is 435 g/mol. The van der Waals surface area contributed by atoms with Gasteiger partial charge >= 0.3 is 6.03 Å². The Labute approximate surface area is 168 Å². The number of amides is 2. The average Bonchev–Trinajstić information content (AvgIpc) is 3.12. The smallest absolute Gasteiger partial charge is 0.319 e. The number of nitrogens with two attached hydrogens (primary N) is 1. The zero-order valence-corrected chi connectivity index (χ0v) is 16.4. The Morgan fingerprint density at radius 1 is 1.32 bits per heavy atom. The molecule has 1 aromatic carbocycles. The SMILES string of the molecule is NC1CCC(NC(=O)Nc2conc2/C(=N/O)Nc2ccc(F)c(Br)c2)CC1. The highest BCUT2D eigenvalue weighted by molar-refractivity contribution is 9.10. The fraction of sp³-hybridized carbons (Fsp3) is 0.353. The van der Waals surface area contributed by atoms with Crippen molar-refractivity contribution < 1.29 is 18.9 Å². The minimum absolute atomic E-state index is 0.0452. The minimum Gasteiger partial charge on any atom is -0.409 e. The van der Waals surface area contributed by atoms with Crippen molar-refractivity contribution in [2.24, 2.45) is 10.9 Å². The molecule has 0 unspecified atom stereocenters. The van der Waals surface area contributed by atoms with Crippen LogP contribution in [-0.4, -0.2) is 34.3 Å². The number of aromatic nitrogens is 1. The number of amidine groups is 1. The fourth-order valence-electron chi connectivity index (χ4n) is 2.95. The molecule has 0 atom stereocenters. The Balaban J connectivity index is 1.65. The normalized spacial score (nSPS) is 19.9. The van der Waals surface area contributed by atoms with E-state index in [9.17, 15) is 14.4 Å². The van der Waals surface area contributed by atoms with Crippen molar-refractivity contribution in [3.63, 3.8) is 0 Å². The van der Waals surface area contributed by atoms with E-state index in [1.165, 1.54) is 24.5 Å². The number of anilines is 2. The molecule has 2 amide bonds. The molecule has 0 saturated heterocycles. The zero-order chi connectivity index (χ0) is 20.1. The average molecular weight is 455 g/mol. The first kappa shape index (κ1) is 20.1. The number of urea groups is 1. The molecule has 11 heteroatoms. The number of nitrogens with one attached hydrogen (secondary N) is 3. The van der Waals surface area contributed by atoms with Crippen LogP contribution in [0.25, 0.3) is 0 Å². The molecule has 1 aliphatic carbocycles. The van der Waals surface area contributed by atoms with Crippen LogP contribution in [0.5, 0.6) is 0 Å². The maximum absolute atomic E-state index is 13.4. The Morgan fingerprint density at radius 2 is 2.07 bits per heavy atom. The number of halogens is 2. The van der Waals surface area contributed by atoms with Gasteiger partial charge in [0.15, 0.2) is 5.69 Å². The molecule has 1 aromatic heterocycles. The summed E-state index contributed by atoms with van der Waals surface area (Å²) in [7, 11) is 0. The first-order chi connectivity index (χ1) is 13.5. The third-order valence-electron chi connectivity index (χ3n) is 4.43. The quantitative estimate of drug-likeness (QED) is 0.208. The van der Waals surface area contributed by atoms with E-state index in [0.29, 0.717) is 5.69 Å². The molecule has 6 N–H and O–H groups in total. The van der Waals surface area contributed by atoms with Gasteiger partial charge in [-0.25, -0.2) is 9.18 Å². The molecule has 3 rings (SSSR count). The van der Waals surface area contributed by atoms with E-state index in [1.807, 2.05) is 0 Å². The summed E-state index contributed by atoms with van der Waals surface area (Å²) in [5.41, 5.74) is 6.61. The molecule has 1 fully saturated rings. The van der Waals surface area contributed by atoms with Crippen molar-refractivity contribution >= 4 is 39.2 Å². The summed E-state index contributed by atoms with van der Waals surface area (Å²) in [6.07, 6.45) is 4.58. The van der Waals surface area contributed by atoms with Crippen molar-refractivity contribution in [1.29, 1.82) is 0 Å². The van der Waals surface area contributed by atoms with Crippen LogP contribution in [0.15, 0.2) is 38.6 Å². The Morgan fingerprint density at radius 3 is 2.75 bits per heavy atom. The van der Waals surface area contributed by atoms with Crippen molar-refractivity contribution in [2.45, 2.75) is 37.8 Å². The molecule has 28 heavy (non-hydrogen) atoms. The van der Waals surface area contributed by atoms with Crippen molar-refractivity contribution in [2.75, 3.05) is 10.6 Å². The van der Waals surface area contributed by atoms with Crippen LogP contribution in [0.2, 0.25) is 0 Å². The molecule has 0 aliphatic heterocycles. The van der Waals surface area contributed by atoms with Crippen LogP contribution in [0.4, 0.5) is 20.6 Å². The van der Waals surface area contributed by atoms with Gasteiger partial charge in [0.25, 0.3) is 0 Å². The Bertz CT molecular complexity index is 866. The van der Waals surface area contributed by atoms with Crippen LogP contribution in [0, 0.1) is 5.82 Å². The molecule has 1 saturated carbocycles. The molecule has 2 aromatic rings. The Kier molecular flexibility index (Phi) is 6.47. The summed E-state index contributed by atoms with van der Waals surface area (Å²) >= 11 is 3.08. The minimum atomic E-state index is -0.433. The summed E-state index contributed by atoms with van der Waals surface area (Å²) < 4.78 is 18.5. The summed E-state index contributed by atoms with van der Waals surface area (Å²) in [4.78, 5) is 12.3. The molecule has 0 radical (unpaired) electrons. The number of hydrogen-bond donors (Lipinski definition) is 5. The predicted molar refractivity (Wildman–Crippen MR) is 105 cm³/mol. The lowest BCUT2D eigenvalue weighted by Gasteiger charge is -2.26. The summed E-state index contributed by atoms with van der Waals surface area (Å²) in [6.45, 7) is 0. The van der Waals surface area contributed by atoms with Gasteiger partial charge in [0.05, 0.1) is 4.47 Å². The van der Waals surface area contributed by atoms with E-state index in [0.717, 1.165) is 25.7 Å². The molecular formula is C17H20BrFN6O3. The monoisotopic (exact) mass is 454 g/mol. The van der Waals surface area contributed by atoms with Gasteiger partial charge in [-0.15, -0.1) is 0 Å². The second-order valence-electron chi connectivity index (χ2n) is 6.49. The third-order valence-corrected chi connectivity index (χ3v) is 5.04. The highest BCUT2D eigenvalue weighted by Gasteiger charge is 2.22.